The van der Waals surface area contributed by atoms with E-state index in [1.165, 1.54) is 19.2 Å². The molecular weight excluding hydrogens is 250 g/mol. The number of nitrogens with two attached hydrogens (primary N) is 1. The van der Waals surface area contributed by atoms with Crippen LogP contribution in [-0.4, -0.2) is 28.7 Å². The zero-order chi connectivity index (χ0) is 12.5. The van der Waals surface area contributed by atoms with Crippen LogP contribution in [0.5, 0.6) is 23.0 Å². The van der Waals surface area contributed by atoms with E-state index < -0.39 is 10.3 Å². The Morgan fingerprint density at radius 1 is 1.29 bits per heavy atom. The summed E-state index contributed by atoms with van der Waals surface area (Å²) in [4.78, 5) is 0. The summed E-state index contributed by atoms with van der Waals surface area (Å²) in [6, 6.07) is 2.74. The molecule has 0 saturated heterocycles. The van der Waals surface area contributed by atoms with Gasteiger partial charge in [0.25, 0.3) is 0 Å². The second-order valence-electron chi connectivity index (χ2n) is 3.23. The monoisotopic (exact) mass is 261 g/mol. The lowest BCUT2D eigenvalue weighted by atomic mass is 10.2. The van der Waals surface area contributed by atoms with Crippen LogP contribution in [0.4, 0.5) is 0 Å². The predicted octanol–water partition coefficient (Wildman–Crippen LogP) is 0.0487. The molecule has 0 saturated carbocycles. The molecule has 0 spiro atoms. The summed E-state index contributed by atoms with van der Waals surface area (Å²) in [6.07, 6.45) is 0. The van der Waals surface area contributed by atoms with Gasteiger partial charge in [-0.3, -0.25) is 0 Å². The first kappa shape index (κ1) is 11.8. The van der Waals surface area contributed by atoms with Crippen LogP contribution in [0.25, 0.3) is 0 Å². The molecule has 1 aromatic rings. The van der Waals surface area contributed by atoms with E-state index in [0.29, 0.717) is 30.5 Å². The lowest BCUT2D eigenvalue weighted by Gasteiger charge is -2.21. The molecule has 0 amide bonds. The molecule has 0 aliphatic carbocycles. The fourth-order valence-electron chi connectivity index (χ4n) is 1.43. The Bertz CT molecular complexity index is 509. The molecule has 0 atom stereocenters. The zero-order valence-electron chi connectivity index (χ0n) is 9.00. The molecule has 2 N–H and O–H groups in total. The Hall–Kier alpha value is -1.67. The van der Waals surface area contributed by atoms with Crippen molar-refractivity contribution in [3.05, 3.63) is 12.1 Å². The summed E-state index contributed by atoms with van der Waals surface area (Å²) < 4.78 is 41.9. The summed E-state index contributed by atoms with van der Waals surface area (Å²) in [5.41, 5.74) is 0. The van der Waals surface area contributed by atoms with Crippen molar-refractivity contribution < 1.29 is 26.8 Å². The molecule has 7 nitrogen and oxygen atoms in total. The van der Waals surface area contributed by atoms with Crippen molar-refractivity contribution in [2.24, 2.45) is 5.14 Å². The summed E-state index contributed by atoms with van der Waals surface area (Å²) in [7, 11) is -2.66. The van der Waals surface area contributed by atoms with Crippen LogP contribution in [0.3, 0.4) is 0 Å². The largest absolute Gasteiger partial charge is 0.493 e. The van der Waals surface area contributed by atoms with Crippen LogP contribution in [0.1, 0.15) is 0 Å². The smallest absolute Gasteiger partial charge is 0.380 e. The Labute approximate surface area is 98.3 Å². The standard InChI is InChI=1S/C9H11NO6S/c1-13-7-4-6(16-17(10,11)12)5-8-9(7)15-3-2-14-8/h4-5H,2-3H2,1H3,(H2,10,11,12). The summed E-state index contributed by atoms with van der Waals surface area (Å²) >= 11 is 0. The lowest BCUT2D eigenvalue weighted by molar-refractivity contribution is 0.164. The van der Waals surface area contributed by atoms with E-state index in [-0.39, 0.29) is 5.75 Å². The number of methoxy groups -OCH3 is 1. The van der Waals surface area contributed by atoms with Crippen molar-refractivity contribution >= 4 is 10.3 Å². The van der Waals surface area contributed by atoms with Gasteiger partial charge >= 0.3 is 10.3 Å². The van der Waals surface area contributed by atoms with Gasteiger partial charge < -0.3 is 18.4 Å². The third-order valence-electron chi connectivity index (χ3n) is 2.01. The van der Waals surface area contributed by atoms with E-state index in [4.69, 9.17) is 19.3 Å². The van der Waals surface area contributed by atoms with Gasteiger partial charge in [-0.05, 0) is 0 Å². The number of fused-ring (bicyclic) bond motifs is 1. The number of hydrogen-bond donors (Lipinski definition) is 1. The SMILES string of the molecule is COc1cc(OS(N)(=O)=O)cc2c1OCCO2. The van der Waals surface area contributed by atoms with E-state index >= 15 is 0 Å². The fourth-order valence-corrected chi connectivity index (χ4v) is 1.80. The molecule has 2 rings (SSSR count). The summed E-state index contributed by atoms with van der Waals surface area (Å²) in [6.45, 7) is 0.772. The Morgan fingerprint density at radius 2 is 2.00 bits per heavy atom. The van der Waals surface area contributed by atoms with Crippen molar-refractivity contribution in [3.63, 3.8) is 0 Å². The van der Waals surface area contributed by atoms with Gasteiger partial charge in [-0.15, -0.1) is 0 Å². The highest BCUT2D eigenvalue weighted by Crippen LogP contribution is 2.42. The third-order valence-corrected chi connectivity index (χ3v) is 2.44. The van der Waals surface area contributed by atoms with Gasteiger partial charge in [0.05, 0.1) is 7.11 Å². The van der Waals surface area contributed by atoms with Crippen molar-refractivity contribution in [1.82, 2.24) is 0 Å². The first-order valence-electron chi connectivity index (χ1n) is 4.69. The van der Waals surface area contributed by atoms with Crippen molar-refractivity contribution in [1.29, 1.82) is 0 Å². The average Bonchev–Trinajstić information content (AvgIpc) is 2.25. The van der Waals surface area contributed by atoms with Crippen LogP contribution in [0.2, 0.25) is 0 Å². The minimum absolute atomic E-state index is 0.00796. The number of rotatable bonds is 3. The zero-order valence-corrected chi connectivity index (χ0v) is 9.82. The summed E-state index contributed by atoms with van der Waals surface area (Å²) in [5.74, 6) is 1.10. The van der Waals surface area contributed by atoms with Gasteiger partial charge in [0.15, 0.2) is 17.2 Å². The first-order chi connectivity index (χ1) is 7.99. The van der Waals surface area contributed by atoms with Gasteiger partial charge in [-0.25, -0.2) is 0 Å². The Morgan fingerprint density at radius 3 is 2.65 bits per heavy atom. The van der Waals surface area contributed by atoms with Crippen LogP contribution in [0.15, 0.2) is 12.1 Å². The maximum absolute atomic E-state index is 10.8. The number of hydrogen-bond acceptors (Lipinski definition) is 6. The molecular formula is C9H11NO6S. The highest BCUT2D eigenvalue weighted by Gasteiger charge is 2.20. The number of benzene rings is 1. The van der Waals surface area contributed by atoms with Crippen molar-refractivity contribution in [2.75, 3.05) is 20.3 Å². The van der Waals surface area contributed by atoms with E-state index in [0.717, 1.165) is 0 Å². The Kier molecular flexibility index (Phi) is 2.99. The van der Waals surface area contributed by atoms with E-state index in [9.17, 15) is 8.42 Å². The van der Waals surface area contributed by atoms with Crippen molar-refractivity contribution in [2.45, 2.75) is 0 Å². The van der Waals surface area contributed by atoms with E-state index in [1.54, 1.807) is 0 Å². The highest BCUT2D eigenvalue weighted by atomic mass is 32.2. The summed E-state index contributed by atoms with van der Waals surface area (Å²) in [5, 5.41) is 4.77. The molecule has 0 unspecified atom stereocenters. The first-order valence-corrected chi connectivity index (χ1v) is 6.16. The quantitative estimate of drug-likeness (QED) is 0.825. The second kappa shape index (κ2) is 4.30. The molecule has 94 valence electrons. The van der Waals surface area contributed by atoms with Crippen LogP contribution in [-0.2, 0) is 10.3 Å². The maximum atomic E-state index is 10.8. The van der Waals surface area contributed by atoms with Crippen molar-refractivity contribution in [3.8, 4) is 23.0 Å². The minimum atomic E-state index is -4.08. The maximum Gasteiger partial charge on any atom is 0.380 e. The predicted molar refractivity (Wildman–Crippen MR) is 57.7 cm³/mol. The van der Waals surface area contributed by atoms with Crippen LogP contribution >= 0.6 is 0 Å². The Balaban J connectivity index is 2.42. The van der Waals surface area contributed by atoms with Gasteiger partial charge in [0.1, 0.15) is 13.2 Å². The number of ether oxygens (including phenoxy) is 3. The van der Waals surface area contributed by atoms with Gasteiger partial charge in [-0.2, -0.15) is 13.6 Å². The van der Waals surface area contributed by atoms with Crippen LogP contribution < -0.4 is 23.5 Å². The van der Waals surface area contributed by atoms with E-state index in [1.807, 2.05) is 0 Å². The molecule has 17 heavy (non-hydrogen) atoms. The highest BCUT2D eigenvalue weighted by molar-refractivity contribution is 7.84. The molecule has 1 aromatic carbocycles. The lowest BCUT2D eigenvalue weighted by Crippen LogP contribution is -2.20. The topological polar surface area (TPSA) is 97.1 Å². The van der Waals surface area contributed by atoms with E-state index in [2.05, 4.69) is 4.18 Å². The molecule has 0 bridgehead atoms. The molecule has 0 fully saturated rings. The molecule has 0 radical (unpaired) electrons. The molecule has 1 aliphatic rings. The molecule has 1 aliphatic heterocycles. The van der Waals surface area contributed by atoms with Gasteiger partial charge in [-0.1, -0.05) is 0 Å². The van der Waals surface area contributed by atoms with Crippen LogP contribution in [0, 0.1) is 0 Å². The fraction of sp³-hybridized carbons (Fsp3) is 0.333. The van der Waals surface area contributed by atoms with Gasteiger partial charge in [0, 0.05) is 12.1 Å². The van der Waals surface area contributed by atoms with Gasteiger partial charge in [0.2, 0.25) is 5.75 Å². The minimum Gasteiger partial charge on any atom is -0.493 e. The molecule has 0 aromatic heterocycles. The molecule has 1 heterocycles. The average molecular weight is 261 g/mol. The third kappa shape index (κ3) is 2.71. The normalized spacial score (nSPS) is 14.2. The second-order valence-corrected chi connectivity index (χ2v) is 4.38. The molecule has 8 heteroatoms.